The van der Waals surface area contributed by atoms with E-state index in [0.29, 0.717) is 25.3 Å². The van der Waals surface area contributed by atoms with Gasteiger partial charge in [0.15, 0.2) is 0 Å². The molecule has 2 heterocycles. The molecule has 0 spiro atoms. The van der Waals surface area contributed by atoms with Gasteiger partial charge in [-0.25, -0.2) is 0 Å². The average molecular weight is 283 g/mol. The Morgan fingerprint density at radius 3 is 2.84 bits per heavy atom. The van der Waals surface area contributed by atoms with E-state index in [-0.39, 0.29) is 18.4 Å². The molecule has 1 unspecified atom stereocenters. The van der Waals surface area contributed by atoms with Crippen LogP contribution in [0.3, 0.4) is 0 Å². The first-order chi connectivity index (χ1) is 8.99. The van der Waals surface area contributed by atoms with Crippen LogP contribution in [0.2, 0.25) is 0 Å². The smallest absolute Gasteiger partial charge is 0.305 e. The number of carboxylic acids is 1. The largest absolute Gasteiger partial charge is 0.481 e. The predicted octanol–water partition coefficient (Wildman–Crippen LogP) is 1.68. The molecule has 5 nitrogen and oxygen atoms in total. The summed E-state index contributed by atoms with van der Waals surface area (Å²) in [6, 6.07) is 1.49. The van der Waals surface area contributed by atoms with Gasteiger partial charge in [0.05, 0.1) is 31.2 Å². The minimum Gasteiger partial charge on any atom is -0.481 e. The molecule has 104 valence electrons. The van der Waals surface area contributed by atoms with Gasteiger partial charge in [0, 0.05) is 16.3 Å². The normalized spacial score (nSPS) is 19.5. The maximum atomic E-state index is 12.5. The number of amides is 1. The van der Waals surface area contributed by atoms with Crippen molar-refractivity contribution in [1.29, 1.82) is 0 Å². The van der Waals surface area contributed by atoms with Crippen molar-refractivity contribution in [2.45, 2.75) is 26.3 Å². The minimum atomic E-state index is -0.911. The zero-order valence-corrected chi connectivity index (χ0v) is 11.8. The molecule has 0 bridgehead atoms. The second-order valence-electron chi connectivity index (χ2n) is 4.65. The molecule has 1 fully saturated rings. The van der Waals surface area contributed by atoms with Crippen molar-refractivity contribution in [3.63, 3.8) is 0 Å². The van der Waals surface area contributed by atoms with Gasteiger partial charge in [0.2, 0.25) is 0 Å². The number of ether oxygens (including phenoxy) is 1. The Morgan fingerprint density at radius 2 is 2.26 bits per heavy atom. The summed E-state index contributed by atoms with van der Waals surface area (Å²) in [5.74, 6) is -0.997. The van der Waals surface area contributed by atoms with Gasteiger partial charge in [0.1, 0.15) is 0 Å². The van der Waals surface area contributed by atoms with Gasteiger partial charge in [-0.05, 0) is 19.9 Å². The van der Waals surface area contributed by atoms with Crippen molar-refractivity contribution in [3.8, 4) is 0 Å². The molecule has 2 rings (SSSR count). The van der Waals surface area contributed by atoms with Gasteiger partial charge < -0.3 is 14.7 Å². The Morgan fingerprint density at radius 1 is 1.53 bits per heavy atom. The molecule has 0 saturated carbocycles. The zero-order valence-electron chi connectivity index (χ0n) is 11.0. The van der Waals surface area contributed by atoms with E-state index in [0.717, 1.165) is 9.75 Å². The van der Waals surface area contributed by atoms with Crippen LogP contribution in [0.1, 0.15) is 26.5 Å². The first-order valence-corrected chi connectivity index (χ1v) is 6.98. The van der Waals surface area contributed by atoms with E-state index in [1.165, 1.54) is 0 Å². The molecule has 1 amide bonds. The van der Waals surface area contributed by atoms with Crippen LogP contribution in [0.15, 0.2) is 6.07 Å². The van der Waals surface area contributed by atoms with Crippen molar-refractivity contribution < 1.29 is 19.4 Å². The molecule has 0 aliphatic carbocycles. The van der Waals surface area contributed by atoms with E-state index in [4.69, 9.17) is 9.84 Å². The Bertz CT molecular complexity index is 497. The Labute approximate surface area is 115 Å². The molecule has 1 N–H and O–H groups in total. The Balaban J connectivity index is 2.19. The summed E-state index contributed by atoms with van der Waals surface area (Å²) in [6.07, 6.45) is -0.0755. The predicted molar refractivity (Wildman–Crippen MR) is 71.7 cm³/mol. The van der Waals surface area contributed by atoms with Gasteiger partial charge in [-0.3, -0.25) is 9.59 Å². The zero-order chi connectivity index (χ0) is 14.0. The SMILES string of the molecule is Cc1cc(C(=O)N2CCOCC2CC(=O)O)c(C)s1. The lowest BCUT2D eigenvalue weighted by Crippen LogP contribution is -2.49. The molecule has 0 radical (unpaired) electrons. The van der Waals surface area contributed by atoms with Gasteiger partial charge >= 0.3 is 5.97 Å². The second kappa shape index (κ2) is 5.71. The number of thiophene rings is 1. The fraction of sp³-hybridized carbons (Fsp3) is 0.538. The van der Waals surface area contributed by atoms with E-state index >= 15 is 0 Å². The number of carbonyl (C=O) groups excluding carboxylic acids is 1. The molecular formula is C13H17NO4S. The summed E-state index contributed by atoms with van der Waals surface area (Å²) in [5, 5.41) is 8.90. The van der Waals surface area contributed by atoms with Crippen LogP contribution in [0.4, 0.5) is 0 Å². The van der Waals surface area contributed by atoms with E-state index < -0.39 is 5.97 Å². The highest BCUT2D eigenvalue weighted by atomic mass is 32.1. The molecule has 1 atom stereocenters. The van der Waals surface area contributed by atoms with Crippen LogP contribution in [0.5, 0.6) is 0 Å². The molecule has 19 heavy (non-hydrogen) atoms. The lowest BCUT2D eigenvalue weighted by atomic mass is 10.1. The molecule has 1 aromatic heterocycles. The van der Waals surface area contributed by atoms with Crippen LogP contribution in [-0.4, -0.2) is 47.7 Å². The fourth-order valence-corrected chi connectivity index (χ4v) is 3.21. The summed E-state index contributed by atoms with van der Waals surface area (Å²) in [6.45, 7) is 5.08. The summed E-state index contributed by atoms with van der Waals surface area (Å²) in [5.41, 5.74) is 0.680. The number of aliphatic carboxylic acids is 1. The first-order valence-electron chi connectivity index (χ1n) is 6.16. The van der Waals surface area contributed by atoms with Crippen LogP contribution >= 0.6 is 11.3 Å². The summed E-state index contributed by atoms with van der Waals surface area (Å²) in [4.78, 5) is 27.1. The lowest BCUT2D eigenvalue weighted by molar-refractivity contribution is -0.139. The van der Waals surface area contributed by atoms with Crippen molar-refractivity contribution in [1.82, 2.24) is 4.90 Å². The molecule has 1 saturated heterocycles. The third-order valence-corrected chi connectivity index (χ3v) is 4.14. The quantitative estimate of drug-likeness (QED) is 0.916. The third kappa shape index (κ3) is 3.13. The molecule has 1 aliphatic rings. The van der Waals surface area contributed by atoms with Crippen molar-refractivity contribution in [2.75, 3.05) is 19.8 Å². The van der Waals surface area contributed by atoms with Gasteiger partial charge in [-0.2, -0.15) is 0 Å². The topological polar surface area (TPSA) is 66.8 Å². The highest BCUT2D eigenvalue weighted by Gasteiger charge is 2.30. The molecule has 6 heteroatoms. The van der Waals surface area contributed by atoms with Crippen molar-refractivity contribution in [3.05, 3.63) is 21.4 Å². The fourth-order valence-electron chi connectivity index (χ4n) is 2.29. The van der Waals surface area contributed by atoms with Crippen LogP contribution < -0.4 is 0 Å². The molecular weight excluding hydrogens is 266 g/mol. The number of hydrogen-bond donors (Lipinski definition) is 1. The standard InChI is InChI=1S/C13H17NO4S/c1-8-5-11(9(2)19-8)13(17)14-3-4-18-7-10(14)6-12(15)16/h5,10H,3-4,6-7H2,1-2H3,(H,15,16). The van der Waals surface area contributed by atoms with E-state index in [9.17, 15) is 9.59 Å². The number of nitrogens with zero attached hydrogens (tertiary/aromatic N) is 1. The number of carbonyl (C=O) groups is 2. The summed E-state index contributed by atoms with van der Waals surface area (Å²) in [7, 11) is 0. The maximum Gasteiger partial charge on any atom is 0.305 e. The number of carboxylic acid groups (broad SMARTS) is 1. The van der Waals surface area contributed by atoms with Crippen LogP contribution in [0, 0.1) is 13.8 Å². The number of aryl methyl sites for hydroxylation is 2. The molecule has 1 aromatic rings. The van der Waals surface area contributed by atoms with E-state index in [1.807, 2.05) is 19.9 Å². The van der Waals surface area contributed by atoms with E-state index in [2.05, 4.69) is 0 Å². The lowest BCUT2D eigenvalue weighted by Gasteiger charge is -2.34. The third-order valence-electron chi connectivity index (χ3n) is 3.17. The summed E-state index contributed by atoms with van der Waals surface area (Å²) < 4.78 is 5.28. The highest BCUT2D eigenvalue weighted by molar-refractivity contribution is 7.12. The number of morpholine rings is 1. The van der Waals surface area contributed by atoms with Gasteiger partial charge in [-0.15, -0.1) is 11.3 Å². The first kappa shape index (κ1) is 14.0. The van der Waals surface area contributed by atoms with Gasteiger partial charge in [0.25, 0.3) is 5.91 Å². The van der Waals surface area contributed by atoms with Gasteiger partial charge in [-0.1, -0.05) is 0 Å². The number of rotatable bonds is 3. The minimum absolute atomic E-state index is 0.0755. The maximum absolute atomic E-state index is 12.5. The van der Waals surface area contributed by atoms with E-state index in [1.54, 1.807) is 16.2 Å². The van der Waals surface area contributed by atoms with Crippen molar-refractivity contribution >= 4 is 23.2 Å². The van der Waals surface area contributed by atoms with Crippen molar-refractivity contribution in [2.24, 2.45) is 0 Å². The molecule has 0 aromatic carbocycles. The second-order valence-corrected chi connectivity index (χ2v) is 6.11. The monoisotopic (exact) mass is 283 g/mol. The average Bonchev–Trinajstić information content (AvgIpc) is 2.67. The van der Waals surface area contributed by atoms with Crippen LogP contribution in [0.25, 0.3) is 0 Å². The number of hydrogen-bond acceptors (Lipinski definition) is 4. The molecule has 1 aliphatic heterocycles. The summed E-state index contributed by atoms with van der Waals surface area (Å²) >= 11 is 1.58. The van der Waals surface area contributed by atoms with Crippen LogP contribution in [-0.2, 0) is 9.53 Å². The highest BCUT2D eigenvalue weighted by Crippen LogP contribution is 2.24. The Kier molecular flexibility index (Phi) is 4.21. The Hall–Kier alpha value is -1.40.